The van der Waals surface area contributed by atoms with Gasteiger partial charge in [-0.1, -0.05) is 32.9 Å². The first-order valence-corrected chi connectivity index (χ1v) is 5.95. The molecule has 0 aliphatic carbocycles. The molecule has 0 amide bonds. The van der Waals surface area contributed by atoms with Crippen LogP contribution in [-0.4, -0.2) is 9.97 Å². The Hall–Kier alpha value is -1.44. The average Bonchev–Trinajstić information content (AvgIpc) is 2.27. The van der Waals surface area contributed by atoms with Gasteiger partial charge in [-0.05, 0) is 30.9 Å². The van der Waals surface area contributed by atoms with Gasteiger partial charge in [0.2, 0.25) is 0 Å². The molecule has 0 saturated carbocycles. The van der Waals surface area contributed by atoms with Crippen molar-refractivity contribution in [1.29, 1.82) is 0 Å². The number of aromatic nitrogens is 2. The summed E-state index contributed by atoms with van der Waals surface area (Å²) in [6.07, 6.45) is 1.97. The SMILES string of the molecule is CCc1nc2ccccc2nc1CC(C)C. The molecule has 2 heteroatoms. The molecule has 2 rings (SSSR count). The lowest BCUT2D eigenvalue weighted by Crippen LogP contribution is -2.05. The Kier molecular flexibility index (Phi) is 3.18. The molecule has 0 atom stereocenters. The van der Waals surface area contributed by atoms with Gasteiger partial charge in [-0.3, -0.25) is 0 Å². The Labute approximate surface area is 96.7 Å². The van der Waals surface area contributed by atoms with Gasteiger partial charge in [0.15, 0.2) is 0 Å². The molecule has 0 spiro atoms. The number of hydrogen-bond acceptors (Lipinski definition) is 2. The maximum Gasteiger partial charge on any atom is 0.0890 e. The molecule has 0 aliphatic rings. The summed E-state index contributed by atoms with van der Waals surface area (Å²) in [6.45, 7) is 6.58. The molecule has 0 unspecified atom stereocenters. The first-order valence-electron chi connectivity index (χ1n) is 5.95. The van der Waals surface area contributed by atoms with Crippen molar-refractivity contribution in [3.05, 3.63) is 35.7 Å². The van der Waals surface area contributed by atoms with E-state index in [1.807, 2.05) is 24.3 Å². The lowest BCUT2D eigenvalue weighted by Gasteiger charge is -2.10. The van der Waals surface area contributed by atoms with E-state index in [-0.39, 0.29) is 0 Å². The fourth-order valence-electron chi connectivity index (χ4n) is 1.91. The molecule has 2 nitrogen and oxygen atoms in total. The lowest BCUT2D eigenvalue weighted by molar-refractivity contribution is 0.629. The molecule has 1 aromatic heterocycles. The molecule has 1 heterocycles. The fourth-order valence-corrected chi connectivity index (χ4v) is 1.91. The van der Waals surface area contributed by atoms with E-state index in [0.29, 0.717) is 5.92 Å². The Bertz CT molecular complexity index is 489. The van der Waals surface area contributed by atoms with Gasteiger partial charge in [-0.2, -0.15) is 0 Å². The smallest absolute Gasteiger partial charge is 0.0890 e. The zero-order chi connectivity index (χ0) is 11.5. The maximum absolute atomic E-state index is 4.72. The number of para-hydroxylation sites is 2. The Morgan fingerprint density at radius 1 is 1.00 bits per heavy atom. The molecule has 0 N–H and O–H groups in total. The number of rotatable bonds is 3. The van der Waals surface area contributed by atoms with Crippen molar-refractivity contribution < 1.29 is 0 Å². The van der Waals surface area contributed by atoms with Gasteiger partial charge in [-0.25, -0.2) is 9.97 Å². The van der Waals surface area contributed by atoms with E-state index in [9.17, 15) is 0 Å². The lowest BCUT2D eigenvalue weighted by atomic mass is 10.0. The van der Waals surface area contributed by atoms with Crippen LogP contribution in [0.4, 0.5) is 0 Å². The average molecular weight is 214 g/mol. The highest BCUT2D eigenvalue weighted by Crippen LogP contribution is 2.16. The minimum atomic E-state index is 0.626. The zero-order valence-corrected chi connectivity index (χ0v) is 10.2. The van der Waals surface area contributed by atoms with E-state index in [0.717, 1.165) is 35.3 Å². The van der Waals surface area contributed by atoms with Crippen LogP contribution in [0.5, 0.6) is 0 Å². The van der Waals surface area contributed by atoms with E-state index in [1.165, 1.54) is 0 Å². The van der Waals surface area contributed by atoms with Crippen molar-refractivity contribution in [3.8, 4) is 0 Å². The van der Waals surface area contributed by atoms with E-state index < -0.39 is 0 Å². The van der Waals surface area contributed by atoms with Crippen LogP contribution in [0.25, 0.3) is 11.0 Å². The van der Waals surface area contributed by atoms with Gasteiger partial charge in [0.05, 0.1) is 22.4 Å². The molecule has 0 fully saturated rings. The summed E-state index contributed by atoms with van der Waals surface area (Å²) in [6, 6.07) is 8.09. The number of fused-ring (bicyclic) bond motifs is 1. The highest BCUT2D eigenvalue weighted by atomic mass is 14.8. The summed E-state index contributed by atoms with van der Waals surface area (Å²) in [7, 11) is 0. The van der Waals surface area contributed by atoms with Gasteiger partial charge in [0.1, 0.15) is 0 Å². The number of nitrogens with zero attached hydrogens (tertiary/aromatic N) is 2. The third kappa shape index (κ3) is 2.21. The molecule has 84 valence electrons. The number of aryl methyl sites for hydroxylation is 1. The van der Waals surface area contributed by atoms with Gasteiger partial charge in [-0.15, -0.1) is 0 Å². The van der Waals surface area contributed by atoms with Crippen molar-refractivity contribution in [2.24, 2.45) is 5.92 Å². The van der Waals surface area contributed by atoms with Crippen LogP contribution >= 0.6 is 0 Å². The minimum Gasteiger partial charge on any atom is -0.249 e. The molecular weight excluding hydrogens is 196 g/mol. The monoisotopic (exact) mass is 214 g/mol. The highest BCUT2D eigenvalue weighted by Gasteiger charge is 2.08. The zero-order valence-electron chi connectivity index (χ0n) is 10.2. The summed E-state index contributed by atoms with van der Waals surface area (Å²) in [5.41, 5.74) is 4.32. The highest BCUT2D eigenvalue weighted by molar-refractivity contribution is 5.74. The second-order valence-corrected chi connectivity index (χ2v) is 4.56. The predicted molar refractivity (Wildman–Crippen MR) is 67.5 cm³/mol. The van der Waals surface area contributed by atoms with E-state index in [1.54, 1.807) is 0 Å². The van der Waals surface area contributed by atoms with Gasteiger partial charge < -0.3 is 0 Å². The number of benzene rings is 1. The first-order chi connectivity index (χ1) is 7.70. The van der Waals surface area contributed by atoms with Crippen LogP contribution in [0.15, 0.2) is 24.3 Å². The topological polar surface area (TPSA) is 25.8 Å². The molecular formula is C14H18N2. The third-order valence-corrected chi connectivity index (χ3v) is 2.66. The second kappa shape index (κ2) is 4.60. The van der Waals surface area contributed by atoms with Gasteiger partial charge >= 0.3 is 0 Å². The number of hydrogen-bond donors (Lipinski definition) is 0. The van der Waals surface area contributed by atoms with Crippen molar-refractivity contribution >= 4 is 11.0 Å². The van der Waals surface area contributed by atoms with Crippen molar-refractivity contribution in [2.75, 3.05) is 0 Å². The molecule has 1 aromatic carbocycles. The van der Waals surface area contributed by atoms with E-state index in [2.05, 4.69) is 25.8 Å². The largest absolute Gasteiger partial charge is 0.249 e. The Balaban J connectivity index is 2.53. The van der Waals surface area contributed by atoms with Crippen molar-refractivity contribution in [2.45, 2.75) is 33.6 Å². The molecule has 0 radical (unpaired) electrons. The molecule has 0 saturated heterocycles. The van der Waals surface area contributed by atoms with Crippen LogP contribution in [0.2, 0.25) is 0 Å². The van der Waals surface area contributed by atoms with Crippen LogP contribution in [0.3, 0.4) is 0 Å². The standard InChI is InChI=1S/C14H18N2/c1-4-11-14(9-10(2)3)16-13-8-6-5-7-12(13)15-11/h5-8,10H,4,9H2,1-3H3. The van der Waals surface area contributed by atoms with Crippen molar-refractivity contribution in [3.63, 3.8) is 0 Å². The summed E-state index contributed by atoms with van der Waals surface area (Å²) in [5.74, 6) is 0.626. The van der Waals surface area contributed by atoms with Gasteiger partial charge in [0, 0.05) is 0 Å². The van der Waals surface area contributed by atoms with Gasteiger partial charge in [0.25, 0.3) is 0 Å². The minimum absolute atomic E-state index is 0.626. The fraction of sp³-hybridized carbons (Fsp3) is 0.429. The maximum atomic E-state index is 4.72. The molecule has 0 bridgehead atoms. The van der Waals surface area contributed by atoms with Crippen LogP contribution in [-0.2, 0) is 12.8 Å². The molecule has 0 aliphatic heterocycles. The van der Waals surface area contributed by atoms with Crippen molar-refractivity contribution in [1.82, 2.24) is 9.97 Å². The van der Waals surface area contributed by atoms with Crippen LogP contribution in [0, 0.1) is 5.92 Å². The summed E-state index contributed by atoms with van der Waals surface area (Å²) < 4.78 is 0. The van der Waals surface area contributed by atoms with Crippen LogP contribution < -0.4 is 0 Å². The first kappa shape index (κ1) is 11.1. The summed E-state index contributed by atoms with van der Waals surface area (Å²) in [5, 5.41) is 0. The van der Waals surface area contributed by atoms with E-state index >= 15 is 0 Å². The predicted octanol–water partition coefficient (Wildman–Crippen LogP) is 3.39. The quantitative estimate of drug-likeness (QED) is 0.782. The summed E-state index contributed by atoms with van der Waals surface area (Å²) in [4.78, 5) is 9.41. The Morgan fingerprint density at radius 3 is 2.06 bits per heavy atom. The second-order valence-electron chi connectivity index (χ2n) is 4.56. The molecule has 16 heavy (non-hydrogen) atoms. The molecule has 2 aromatic rings. The van der Waals surface area contributed by atoms with Crippen LogP contribution in [0.1, 0.15) is 32.2 Å². The normalized spacial score (nSPS) is 11.2. The summed E-state index contributed by atoms with van der Waals surface area (Å²) >= 11 is 0. The van der Waals surface area contributed by atoms with E-state index in [4.69, 9.17) is 4.98 Å². The third-order valence-electron chi connectivity index (χ3n) is 2.66. The Morgan fingerprint density at radius 2 is 1.56 bits per heavy atom.